The number of carbonyl (C=O) groups excluding carboxylic acids is 4. The SMILES string of the molecule is CCN1C(=O)[C@H]2[C@H](CC=C3[C@H]2C[C@H]2C(=O)N(Nc4ccc(Cl)cc4Cl)C(=O)[C@@]2(c2ccc(OC)cc2)[C@H]3c2cc(Br)cc(OC)c2O)C1=O. The summed E-state index contributed by atoms with van der Waals surface area (Å²) in [6.45, 7) is 1.99. The molecule has 49 heavy (non-hydrogen) atoms. The number of phenols is 1. The number of carbonyl (C=O) groups is 4. The standard InChI is InChI=1S/C36H32BrCl2N3O7/c1-4-41-32(44)22-11-10-21-23(29(22)34(41)46)16-25-33(45)42(40-27-12-7-19(38)15-26(27)39)35(47)36(25,17-5-8-20(48-2)9-6-17)30(21)24-13-18(37)14-28(49-3)31(24)43/h5-10,12-15,22-23,25,29-30,40,43H,4,11,16H2,1-3H3/t22-,23+,25-,29-,30+,36+/m0/s1. The topological polar surface area (TPSA) is 125 Å². The van der Waals surface area contributed by atoms with E-state index in [1.54, 1.807) is 55.5 Å². The normalized spacial score (nSPS) is 27.5. The zero-order chi connectivity index (χ0) is 34.9. The van der Waals surface area contributed by atoms with Crippen molar-refractivity contribution < 1.29 is 33.8 Å². The number of hydrogen-bond donors (Lipinski definition) is 2. The fourth-order valence-electron chi connectivity index (χ4n) is 8.53. The van der Waals surface area contributed by atoms with Gasteiger partial charge in [0.25, 0.3) is 11.8 Å². The number of phenolic OH excluding ortho intramolecular Hbond substituents is 1. The van der Waals surface area contributed by atoms with Gasteiger partial charge >= 0.3 is 0 Å². The van der Waals surface area contributed by atoms with E-state index < -0.39 is 46.8 Å². The Morgan fingerprint density at radius 1 is 0.959 bits per heavy atom. The number of halogens is 3. The van der Waals surface area contributed by atoms with Crippen molar-refractivity contribution in [3.05, 3.63) is 91.9 Å². The van der Waals surface area contributed by atoms with Crippen LogP contribution < -0.4 is 14.9 Å². The average molecular weight is 769 g/mol. The van der Waals surface area contributed by atoms with Crippen LogP contribution in [0.3, 0.4) is 0 Å². The van der Waals surface area contributed by atoms with E-state index >= 15 is 4.79 Å². The molecule has 0 unspecified atom stereocenters. The van der Waals surface area contributed by atoms with E-state index in [2.05, 4.69) is 21.4 Å². The maximum atomic E-state index is 15.3. The van der Waals surface area contributed by atoms with E-state index in [1.807, 2.05) is 6.08 Å². The number of methoxy groups -OCH3 is 2. The van der Waals surface area contributed by atoms with E-state index in [0.29, 0.717) is 31.9 Å². The summed E-state index contributed by atoms with van der Waals surface area (Å²) in [7, 11) is 2.96. The number of likely N-dealkylation sites (tertiary alicyclic amines) is 1. The summed E-state index contributed by atoms with van der Waals surface area (Å²) in [5, 5.41) is 13.4. The van der Waals surface area contributed by atoms with Crippen molar-refractivity contribution in [1.29, 1.82) is 0 Å². The molecule has 1 saturated carbocycles. The van der Waals surface area contributed by atoms with Crippen LogP contribution in [0.25, 0.3) is 0 Å². The van der Waals surface area contributed by atoms with Gasteiger partial charge in [-0.1, -0.05) is 62.9 Å². The lowest BCUT2D eigenvalue weighted by Gasteiger charge is -2.50. The molecule has 10 nitrogen and oxygen atoms in total. The number of ether oxygens (including phenoxy) is 2. The number of nitrogens with zero attached hydrogens (tertiary/aromatic N) is 2. The molecule has 2 aliphatic carbocycles. The van der Waals surface area contributed by atoms with Crippen LogP contribution in [0.2, 0.25) is 10.0 Å². The van der Waals surface area contributed by atoms with Crippen LogP contribution in [0.4, 0.5) is 5.69 Å². The molecule has 4 amide bonds. The maximum absolute atomic E-state index is 15.3. The second-order valence-electron chi connectivity index (χ2n) is 12.7. The van der Waals surface area contributed by atoms with E-state index in [4.69, 9.17) is 32.7 Å². The largest absolute Gasteiger partial charge is 0.504 e. The van der Waals surface area contributed by atoms with Crippen molar-refractivity contribution in [2.45, 2.75) is 31.1 Å². The Balaban J connectivity index is 1.51. The first-order valence-electron chi connectivity index (χ1n) is 15.8. The molecule has 0 bridgehead atoms. The number of aromatic hydroxyl groups is 1. The Morgan fingerprint density at radius 2 is 1.69 bits per heavy atom. The van der Waals surface area contributed by atoms with Crippen LogP contribution in [-0.4, -0.2) is 59.4 Å². The molecule has 254 valence electrons. The first-order chi connectivity index (χ1) is 23.5. The van der Waals surface area contributed by atoms with Crippen molar-refractivity contribution in [2.75, 3.05) is 26.2 Å². The van der Waals surface area contributed by atoms with Gasteiger partial charge in [0.15, 0.2) is 11.5 Å². The van der Waals surface area contributed by atoms with Crippen LogP contribution in [-0.2, 0) is 24.6 Å². The molecule has 0 spiro atoms. The molecule has 4 aliphatic rings. The zero-order valence-electron chi connectivity index (χ0n) is 26.7. The van der Waals surface area contributed by atoms with Gasteiger partial charge in [0.2, 0.25) is 11.8 Å². The van der Waals surface area contributed by atoms with Gasteiger partial charge in [0.1, 0.15) is 5.75 Å². The van der Waals surface area contributed by atoms with Crippen LogP contribution in [0.5, 0.6) is 17.2 Å². The van der Waals surface area contributed by atoms with Gasteiger partial charge in [-0.2, -0.15) is 5.01 Å². The molecule has 2 heterocycles. The van der Waals surface area contributed by atoms with Crippen LogP contribution in [0.1, 0.15) is 36.8 Å². The van der Waals surface area contributed by atoms with Gasteiger partial charge in [-0.15, -0.1) is 0 Å². The molecule has 6 atom stereocenters. The zero-order valence-corrected chi connectivity index (χ0v) is 29.8. The summed E-state index contributed by atoms with van der Waals surface area (Å²) >= 11 is 16.2. The number of benzene rings is 3. The molecule has 0 radical (unpaired) electrons. The lowest BCUT2D eigenvalue weighted by Crippen LogP contribution is -2.53. The van der Waals surface area contributed by atoms with E-state index in [-0.39, 0.29) is 53.4 Å². The van der Waals surface area contributed by atoms with Gasteiger partial charge in [-0.25, -0.2) is 0 Å². The summed E-state index contributed by atoms with van der Waals surface area (Å²) in [5.74, 6) is -5.02. The number of nitrogens with one attached hydrogen (secondary N) is 1. The number of hydrazine groups is 1. The monoisotopic (exact) mass is 767 g/mol. The van der Waals surface area contributed by atoms with Crippen molar-refractivity contribution >= 4 is 68.4 Å². The van der Waals surface area contributed by atoms with Gasteiger partial charge in [-0.3, -0.25) is 29.5 Å². The second-order valence-corrected chi connectivity index (χ2v) is 14.4. The summed E-state index contributed by atoms with van der Waals surface area (Å²) in [6.07, 6.45) is 2.31. The van der Waals surface area contributed by atoms with E-state index in [0.717, 1.165) is 5.01 Å². The number of amides is 4. The van der Waals surface area contributed by atoms with Crippen molar-refractivity contribution in [3.63, 3.8) is 0 Å². The fraction of sp³-hybridized carbons (Fsp3) is 0.333. The minimum atomic E-state index is -1.62. The lowest BCUT2D eigenvalue weighted by atomic mass is 9.49. The summed E-state index contributed by atoms with van der Waals surface area (Å²) in [4.78, 5) is 58.7. The lowest BCUT2D eigenvalue weighted by molar-refractivity contribution is -0.141. The average Bonchev–Trinajstić information content (AvgIpc) is 3.47. The fourth-order valence-corrected chi connectivity index (χ4v) is 9.44. The molecule has 2 aliphatic heterocycles. The summed E-state index contributed by atoms with van der Waals surface area (Å²) in [5.41, 5.74) is 3.17. The molecule has 2 N–H and O–H groups in total. The number of allylic oxidation sites excluding steroid dienone is 2. The van der Waals surface area contributed by atoms with Crippen LogP contribution in [0.15, 0.2) is 70.7 Å². The number of anilines is 1. The Kier molecular flexibility index (Phi) is 8.44. The molecule has 2 saturated heterocycles. The number of hydrogen-bond acceptors (Lipinski definition) is 8. The number of rotatable bonds is 7. The van der Waals surface area contributed by atoms with Crippen molar-refractivity contribution in [2.24, 2.45) is 23.7 Å². The van der Waals surface area contributed by atoms with Crippen molar-refractivity contribution in [1.82, 2.24) is 9.91 Å². The molecule has 3 fully saturated rings. The molecule has 3 aromatic rings. The minimum absolute atomic E-state index is 0.106. The van der Waals surface area contributed by atoms with Gasteiger partial charge in [0, 0.05) is 27.5 Å². The minimum Gasteiger partial charge on any atom is -0.504 e. The molecule has 0 aromatic heterocycles. The van der Waals surface area contributed by atoms with Gasteiger partial charge in [0.05, 0.1) is 48.1 Å². The summed E-state index contributed by atoms with van der Waals surface area (Å²) in [6, 6.07) is 14.9. The smallest absolute Gasteiger partial charge is 0.260 e. The molecule has 7 rings (SSSR count). The number of imide groups is 2. The first-order valence-corrected chi connectivity index (χ1v) is 17.4. The first kappa shape index (κ1) is 33.4. The Hall–Kier alpha value is -4.06. The third kappa shape index (κ3) is 4.87. The van der Waals surface area contributed by atoms with Gasteiger partial charge in [-0.05, 0) is 73.7 Å². The molecule has 3 aromatic carbocycles. The second kappa shape index (κ2) is 12.4. The van der Waals surface area contributed by atoms with Crippen LogP contribution in [0, 0.1) is 23.7 Å². The van der Waals surface area contributed by atoms with Gasteiger partial charge < -0.3 is 14.6 Å². The highest BCUT2D eigenvalue weighted by Gasteiger charge is 2.70. The highest BCUT2D eigenvalue weighted by Crippen LogP contribution is 2.65. The highest BCUT2D eigenvalue weighted by atomic mass is 79.9. The quantitative estimate of drug-likeness (QED) is 0.207. The predicted octanol–water partition coefficient (Wildman–Crippen LogP) is 6.48. The highest BCUT2D eigenvalue weighted by molar-refractivity contribution is 9.10. The molecule has 13 heteroatoms. The Labute approximate surface area is 301 Å². The van der Waals surface area contributed by atoms with Crippen molar-refractivity contribution in [3.8, 4) is 17.2 Å². The maximum Gasteiger partial charge on any atom is 0.260 e. The molecular formula is C36H32BrCl2N3O7. The third-order valence-electron chi connectivity index (χ3n) is 10.6. The van der Waals surface area contributed by atoms with E-state index in [9.17, 15) is 19.5 Å². The summed E-state index contributed by atoms with van der Waals surface area (Å²) < 4.78 is 11.6. The predicted molar refractivity (Wildman–Crippen MR) is 185 cm³/mol. The Morgan fingerprint density at radius 3 is 2.35 bits per heavy atom. The Bertz CT molecular complexity index is 1950. The number of fused-ring (bicyclic) bond motifs is 4. The molecular weight excluding hydrogens is 737 g/mol. The van der Waals surface area contributed by atoms with Crippen LogP contribution >= 0.6 is 39.1 Å². The van der Waals surface area contributed by atoms with E-state index in [1.165, 1.54) is 25.2 Å². The third-order valence-corrected chi connectivity index (χ3v) is 11.6.